The van der Waals surface area contributed by atoms with Crippen LogP contribution in [0.25, 0.3) is 0 Å². The van der Waals surface area contributed by atoms with Gasteiger partial charge in [0.05, 0.1) is 28.1 Å². The maximum absolute atomic E-state index is 10.5. The molecule has 0 bridgehead atoms. The largest absolute Gasteiger partial charge is 0.390 e. The highest BCUT2D eigenvalue weighted by Crippen LogP contribution is 2.28. The number of ether oxygens (including phenoxy) is 1. The Labute approximate surface area is 124 Å². The molecule has 0 aromatic carbocycles. The van der Waals surface area contributed by atoms with Gasteiger partial charge in [0.2, 0.25) is 0 Å². The molecule has 1 N–H and O–H groups in total. The Balaban J connectivity index is 2.96. The van der Waals surface area contributed by atoms with Gasteiger partial charge in [-0.2, -0.15) is 5.10 Å². The van der Waals surface area contributed by atoms with Gasteiger partial charge in [-0.1, -0.05) is 20.8 Å². The number of methoxy groups -OCH3 is 1. The highest BCUT2D eigenvalue weighted by Gasteiger charge is 2.32. The summed E-state index contributed by atoms with van der Waals surface area (Å²) in [6.07, 6.45) is -0.229. The SMILES string of the molecule is CCn1nc(C)c(Br)c1CC(O)C(OC)C(C)(C)C. The maximum Gasteiger partial charge on any atom is 0.0882 e. The number of hydrogen-bond donors (Lipinski definition) is 1. The molecule has 0 amide bonds. The predicted molar refractivity (Wildman–Crippen MR) is 80.3 cm³/mol. The first-order valence-corrected chi connectivity index (χ1v) is 7.44. The highest BCUT2D eigenvalue weighted by molar-refractivity contribution is 9.10. The third kappa shape index (κ3) is 3.80. The lowest BCUT2D eigenvalue weighted by molar-refractivity contribution is -0.0705. The van der Waals surface area contributed by atoms with Crippen LogP contribution in [0.2, 0.25) is 0 Å². The Morgan fingerprint density at radius 3 is 2.42 bits per heavy atom. The van der Waals surface area contributed by atoms with Gasteiger partial charge in [0.1, 0.15) is 0 Å². The zero-order valence-corrected chi connectivity index (χ0v) is 14.3. The fourth-order valence-electron chi connectivity index (χ4n) is 2.46. The second-order valence-corrected chi connectivity index (χ2v) is 6.75. The normalized spacial score (nSPS) is 15.6. The summed E-state index contributed by atoms with van der Waals surface area (Å²) in [6, 6.07) is 0. The van der Waals surface area contributed by atoms with Crippen molar-refractivity contribution in [2.24, 2.45) is 5.41 Å². The lowest BCUT2D eigenvalue weighted by atomic mass is 9.84. The molecular weight excluding hydrogens is 308 g/mol. The van der Waals surface area contributed by atoms with E-state index >= 15 is 0 Å². The molecular formula is C14H25BrN2O2. The second-order valence-electron chi connectivity index (χ2n) is 5.96. The van der Waals surface area contributed by atoms with E-state index in [1.54, 1.807) is 7.11 Å². The summed E-state index contributed by atoms with van der Waals surface area (Å²) in [5.74, 6) is 0. The number of rotatable bonds is 5. The molecule has 0 aliphatic rings. The second kappa shape index (κ2) is 6.37. The van der Waals surface area contributed by atoms with E-state index < -0.39 is 6.10 Å². The van der Waals surface area contributed by atoms with Crippen LogP contribution in [0.15, 0.2) is 4.47 Å². The third-order valence-electron chi connectivity index (χ3n) is 3.31. The van der Waals surface area contributed by atoms with Crippen molar-refractivity contribution >= 4 is 15.9 Å². The summed E-state index contributed by atoms with van der Waals surface area (Å²) in [5.41, 5.74) is 1.87. The molecule has 0 radical (unpaired) electrons. The van der Waals surface area contributed by atoms with Crippen LogP contribution in [0.5, 0.6) is 0 Å². The van der Waals surface area contributed by atoms with Gasteiger partial charge in [0.25, 0.3) is 0 Å². The molecule has 0 aliphatic heterocycles. The van der Waals surface area contributed by atoms with Gasteiger partial charge >= 0.3 is 0 Å². The van der Waals surface area contributed by atoms with Crippen LogP contribution >= 0.6 is 15.9 Å². The van der Waals surface area contributed by atoms with Crippen molar-refractivity contribution in [1.29, 1.82) is 0 Å². The van der Waals surface area contributed by atoms with Crippen LogP contribution in [-0.2, 0) is 17.7 Å². The van der Waals surface area contributed by atoms with Crippen molar-refractivity contribution in [3.05, 3.63) is 15.9 Å². The fraction of sp³-hybridized carbons (Fsp3) is 0.786. The summed E-state index contributed by atoms with van der Waals surface area (Å²) in [6.45, 7) is 11.0. The number of aryl methyl sites for hydroxylation is 2. The maximum atomic E-state index is 10.5. The molecule has 5 heteroatoms. The van der Waals surface area contributed by atoms with E-state index in [1.807, 2.05) is 18.5 Å². The van der Waals surface area contributed by atoms with E-state index in [1.165, 1.54) is 0 Å². The van der Waals surface area contributed by atoms with Crippen molar-refractivity contribution < 1.29 is 9.84 Å². The van der Waals surface area contributed by atoms with Crippen LogP contribution in [0.1, 0.15) is 39.1 Å². The van der Waals surface area contributed by atoms with E-state index in [-0.39, 0.29) is 11.5 Å². The quantitative estimate of drug-likeness (QED) is 0.901. The average Bonchev–Trinajstić information content (AvgIpc) is 2.55. The number of aliphatic hydroxyl groups is 1. The van der Waals surface area contributed by atoms with Gasteiger partial charge in [0.15, 0.2) is 0 Å². The minimum Gasteiger partial charge on any atom is -0.390 e. The molecule has 0 saturated carbocycles. The first-order chi connectivity index (χ1) is 8.72. The molecule has 4 nitrogen and oxygen atoms in total. The Morgan fingerprint density at radius 1 is 1.42 bits per heavy atom. The van der Waals surface area contributed by atoms with E-state index in [0.29, 0.717) is 6.42 Å². The molecule has 0 fully saturated rings. The molecule has 0 aliphatic carbocycles. The number of aromatic nitrogens is 2. The van der Waals surface area contributed by atoms with Gasteiger partial charge in [-0.15, -0.1) is 0 Å². The van der Waals surface area contributed by atoms with Crippen LogP contribution in [0, 0.1) is 12.3 Å². The van der Waals surface area contributed by atoms with Crippen molar-refractivity contribution in [2.75, 3.05) is 7.11 Å². The van der Waals surface area contributed by atoms with Crippen LogP contribution in [0.3, 0.4) is 0 Å². The number of hydrogen-bond acceptors (Lipinski definition) is 3. The van der Waals surface area contributed by atoms with Crippen molar-refractivity contribution in [1.82, 2.24) is 9.78 Å². The van der Waals surface area contributed by atoms with Crippen LogP contribution in [0.4, 0.5) is 0 Å². The average molecular weight is 333 g/mol. The molecule has 2 atom stereocenters. The van der Waals surface area contributed by atoms with Crippen molar-refractivity contribution in [3.63, 3.8) is 0 Å². The van der Waals surface area contributed by atoms with E-state index in [0.717, 1.165) is 22.4 Å². The van der Waals surface area contributed by atoms with Crippen molar-refractivity contribution in [2.45, 2.75) is 59.8 Å². The minimum absolute atomic E-state index is 0.104. The van der Waals surface area contributed by atoms with E-state index in [2.05, 4.69) is 41.8 Å². The molecule has 19 heavy (non-hydrogen) atoms. The zero-order valence-electron chi connectivity index (χ0n) is 12.7. The van der Waals surface area contributed by atoms with Gasteiger partial charge in [-0.05, 0) is 35.2 Å². The summed E-state index contributed by atoms with van der Waals surface area (Å²) in [7, 11) is 1.65. The number of halogens is 1. The summed E-state index contributed by atoms with van der Waals surface area (Å²) >= 11 is 3.56. The first kappa shape index (κ1) is 16.7. The Hall–Kier alpha value is -0.390. The van der Waals surface area contributed by atoms with E-state index in [4.69, 9.17) is 4.74 Å². The topological polar surface area (TPSA) is 47.3 Å². The lowest BCUT2D eigenvalue weighted by Crippen LogP contribution is -2.41. The fourth-order valence-corrected chi connectivity index (χ4v) is 2.90. The Bertz CT molecular complexity index is 424. The van der Waals surface area contributed by atoms with Crippen molar-refractivity contribution in [3.8, 4) is 0 Å². The van der Waals surface area contributed by atoms with Crippen LogP contribution < -0.4 is 0 Å². The van der Waals surface area contributed by atoms with Gasteiger partial charge in [-0.3, -0.25) is 4.68 Å². The number of aliphatic hydroxyl groups excluding tert-OH is 1. The molecule has 110 valence electrons. The lowest BCUT2D eigenvalue weighted by Gasteiger charge is -2.33. The smallest absolute Gasteiger partial charge is 0.0882 e. The van der Waals surface area contributed by atoms with Crippen LogP contribution in [-0.4, -0.2) is 34.2 Å². The molecule has 0 spiro atoms. The molecule has 1 heterocycles. The highest BCUT2D eigenvalue weighted by atomic mass is 79.9. The van der Waals surface area contributed by atoms with E-state index in [9.17, 15) is 5.11 Å². The molecule has 1 aromatic heterocycles. The van der Waals surface area contributed by atoms with Gasteiger partial charge in [0, 0.05) is 20.1 Å². The third-order valence-corrected chi connectivity index (χ3v) is 4.34. The van der Waals surface area contributed by atoms with Gasteiger partial charge < -0.3 is 9.84 Å². The summed E-state index contributed by atoms with van der Waals surface area (Å²) in [4.78, 5) is 0. The predicted octanol–water partition coefficient (Wildman–Crippen LogP) is 2.94. The van der Waals surface area contributed by atoms with Gasteiger partial charge in [-0.25, -0.2) is 0 Å². The first-order valence-electron chi connectivity index (χ1n) is 6.65. The molecule has 1 rings (SSSR count). The number of nitrogens with zero attached hydrogens (tertiary/aromatic N) is 2. The summed E-state index contributed by atoms with van der Waals surface area (Å²) in [5, 5.41) is 14.9. The standard InChI is InChI=1S/C14H25BrN2O2/c1-7-17-10(12(15)9(2)16-17)8-11(18)13(19-6)14(3,4)5/h11,13,18H,7-8H2,1-6H3. The molecule has 0 saturated heterocycles. The molecule has 2 unspecified atom stereocenters. The summed E-state index contributed by atoms with van der Waals surface area (Å²) < 4.78 is 8.39. The monoisotopic (exact) mass is 332 g/mol. The molecule has 1 aromatic rings. The Morgan fingerprint density at radius 2 is 2.00 bits per heavy atom. The zero-order chi connectivity index (χ0) is 14.8. The Kier molecular flexibility index (Phi) is 5.59. The minimum atomic E-state index is -0.553.